The third-order valence-electron chi connectivity index (χ3n) is 4.11. The van der Waals surface area contributed by atoms with E-state index < -0.39 is 11.7 Å². The van der Waals surface area contributed by atoms with E-state index in [1.807, 2.05) is 43.3 Å². The fourth-order valence-corrected chi connectivity index (χ4v) is 3.82. The summed E-state index contributed by atoms with van der Waals surface area (Å²) in [5.74, 6) is 0.539. The summed E-state index contributed by atoms with van der Waals surface area (Å²) in [5.41, 5.74) is 1.28. The number of hydrogen-bond donors (Lipinski definition) is 1. The Bertz CT molecular complexity index is 786. The summed E-state index contributed by atoms with van der Waals surface area (Å²) in [6, 6.07) is 8.97. The third kappa shape index (κ3) is 5.07. The second-order valence-electron chi connectivity index (χ2n) is 6.35. The van der Waals surface area contributed by atoms with Crippen LogP contribution in [0.4, 0.5) is 18.9 Å². The summed E-state index contributed by atoms with van der Waals surface area (Å²) in [5, 5.41) is 3.66. The second kappa shape index (κ2) is 8.26. The number of halogens is 4. The van der Waals surface area contributed by atoms with E-state index in [-0.39, 0.29) is 17.4 Å². The Morgan fingerprint density at radius 2 is 2.00 bits per heavy atom. The minimum atomic E-state index is -4.45. The SMILES string of the molecule is CN(C)c1ccc([C@H]2NC[C@H](CSc3ncc(C(F)(F)F)cc3Cl)O2)cc1. The Balaban J connectivity index is 1.56. The quantitative estimate of drug-likeness (QED) is 0.720. The zero-order chi connectivity index (χ0) is 19.6. The molecule has 2 aromatic rings. The van der Waals surface area contributed by atoms with Crippen LogP contribution in [-0.4, -0.2) is 37.5 Å². The molecule has 0 unspecified atom stereocenters. The highest BCUT2D eigenvalue weighted by molar-refractivity contribution is 7.99. The number of pyridine rings is 1. The van der Waals surface area contributed by atoms with Gasteiger partial charge in [-0.1, -0.05) is 23.7 Å². The first-order valence-corrected chi connectivity index (χ1v) is 9.62. The van der Waals surface area contributed by atoms with Crippen LogP contribution in [0, 0.1) is 0 Å². The lowest BCUT2D eigenvalue weighted by molar-refractivity contribution is -0.137. The first kappa shape index (κ1) is 20.3. The molecule has 1 N–H and O–H groups in total. The third-order valence-corrected chi connectivity index (χ3v) is 5.65. The van der Waals surface area contributed by atoms with Crippen LogP contribution in [0.15, 0.2) is 41.6 Å². The molecule has 0 amide bonds. The molecule has 4 nitrogen and oxygen atoms in total. The van der Waals surface area contributed by atoms with Gasteiger partial charge in [-0.3, -0.25) is 5.32 Å². The van der Waals surface area contributed by atoms with E-state index in [4.69, 9.17) is 16.3 Å². The van der Waals surface area contributed by atoms with Crippen molar-refractivity contribution >= 4 is 29.1 Å². The fourth-order valence-electron chi connectivity index (χ4n) is 2.63. The number of thioether (sulfide) groups is 1. The molecular weight excluding hydrogens is 399 g/mol. The molecule has 2 atom stereocenters. The van der Waals surface area contributed by atoms with E-state index in [0.29, 0.717) is 17.3 Å². The van der Waals surface area contributed by atoms with Gasteiger partial charge in [-0.15, -0.1) is 11.8 Å². The number of alkyl halides is 3. The molecule has 0 bridgehead atoms. The zero-order valence-electron chi connectivity index (χ0n) is 14.8. The van der Waals surface area contributed by atoms with Gasteiger partial charge in [0, 0.05) is 38.3 Å². The Labute approximate surface area is 165 Å². The van der Waals surface area contributed by atoms with Gasteiger partial charge in [-0.25, -0.2) is 4.98 Å². The van der Waals surface area contributed by atoms with E-state index in [1.165, 1.54) is 11.8 Å². The predicted molar refractivity (Wildman–Crippen MR) is 101 cm³/mol. The average Bonchev–Trinajstić information content (AvgIpc) is 3.09. The van der Waals surface area contributed by atoms with Crippen LogP contribution in [0.1, 0.15) is 17.4 Å². The number of benzene rings is 1. The van der Waals surface area contributed by atoms with Crippen LogP contribution < -0.4 is 10.2 Å². The fraction of sp³-hybridized carbons (Fsp3) is 0.389. The first-order chi connectivity index (χ1) is 12.7. The number of nitrogens with one attached hydrogen (secondary N) is 1. The van der Waals surface area contributed by atoms with Gasteiger partial charge >= 0.3 is 6.18 Å². The molecule has 1 aromatic carbocycles. The summed E-state index contributed by atoms with van der Waals surface area (Å²) in [7, 11) is 3.96. The number of ether oxygens (including phenoxy) is 1. The van der Waals surface area contributed by atoms with Gasteiger partial charge in [-0.05, 0) is 23.8 Å². The topological polar surface area (TPSA) is 37.4 Å². The van der Waals surface area contributed by atoms with Crippen LogP contribution in [0.5, 0.6) is 0 Å². The first-order valence-electron chi connectivity index (χ1n) is 8.25. The molecule has 2 heterocycles. The lowest BCUT2D eigenvalue weighted by atomic mass is 10.2. The van der Waals surface area contributed by atoms with Gasteiger partial charge in [0.25, 0.3) is 0 Å². The normalized spacial score (nSPS) is 20.1. The molecule has 0 aliphatic carbocycles. The molecule has 0 spiro atoms. The number of aromatic nitrogens is 1. The Morgan fingerprint density at radius 1 is 1.30 bits per heavy atom. The minimum absolute atomic E-state index is 0.00314. The maximum Gasteiger partial charge on any atom is 0.417 e. The van der Waals surface area contributed by atoms with Crippen molar-refractivity contribution in [2.24, 2.45) is 0 Å². The van der Waals surface area contributed by atoms with Crippen LogP contribution in [0.25, 0.3) is 0 Å². The van der Waals surface area contributed by atoms with Crippen molar-refractivity contribution in [1.82, 2.24) is 10.3 Å². The monoisotopic (exact) mass is 417 g/mol. The van der Waals surface area contributed by atoms with E-state index in [0.717, 1.165) is 23.5 Å². The van der Waals surface area contributed by atoms with Crippen LogP contribution in [0.2, 0.25) is 5.02 Å². The van der Waals surface area contributed by atoms with E-state index >= 15 is 0 Å². The van der Waals surface area contributed by atoms with Crippen molar-refractivity contribution in [2.45, 2.75) is 23.5 Å². The van der Waals surface area contributed by atoms with Crippen molar-refractivity contribution in [2.75, 3.05) is 31.3 Å². The van der Waals surface area contributed by atoms with Gasteiger partial charge in [0.2, 0.25) is 0 Å². The van der Waals surface area contributed by atoms with Gasteiger partial charge in [0.1, 0.15) is 11.3 Å². The number of nitrogens with zero attached hydrogens (tertiary/aromatic N) is 2. The van der Waals surface area contributed by atoms with Crippen LogP contribution in [0.3, 0.4) is 0 Å². The zero-order valence-corrected chi connectivity index (χ0v) is 16.3. The molecule has 1 fully saturated rings. The molecule has 1 aromatic heterocycles. The maximum absolute atomic E-state index is 12.7. The highest BCUT2D eigenvalue weighted by Crippen LogP contribution is 2.34. The summed E-state index contributed by atoms with van der Waals surface area (Å²) >= 11 is 7.23. The molecule has 1 saturated heterocycles. The molecule has 146 valence electrons. The van der Waals surface area contributed by atoms with Crippen LogP contribution >= 0.6 is 23.4 Å². The highest BCUT2D eigenvalue weighted by Gasteiger charge is 2.32. The van der Waals surface area contributed by atoms with Crippen molar-refractivity contribution in [3.05, 3.63) is 52.7 Å². The van der Waals surface area contributed by atoms with Gasteiger partial charge < -0.3 is 9.64 Å². The standard InChI is InChI=1S/C18H19ClF3N3OS/c1-25(2)13-5-3-11(4-6-13)16-23-9-14(26-16)10-27-17-15(19)7-12(8-24-17)18(20,21)22/h3-8,14,16,23H,9-10H2,1-2H3/t14-,16+/m1/s1. The Kier molecular flexibility index (Phi) is 6.20. The number of rotatable bonds is 5. The minimum Gasteiger partial charge on any atom is -0.378 e. The Hall–Kier alpha value is -1.48. The molecule has 27 heavy (non-hydrogen) atoms. The summed E-state index contributed by atoms with van der Waals surface area (Å²) in [6.07, 6.45) is -3.94. The Morgan fingerprint density at radius 3 is 2.59 bits per heavy atom. The highest BCUT2D eigenvalue weighted by atomic mass is 35.5. The van der Waals surface area contributed by atoms with Crippen molar-refractivity contribution in [1.29, 1.82) is 0 Å². The van der Waals surface area contributed by atoms with E-state index in [9.17, 15) is 13.2 Å². The predicted octanol–water partition coefficient (Wildman–Crippen LogP) is 4.60. The lowest BCUT2D eigenvalue weighted by Crippen LogP contribution is -2.17. The van der Waals surface area contributed by atoms with E-state index in [2.05, 4.69) is 10.3 Å². The van der Waals surface area contributed by atoms with Crippen molar-refractivity contribution in [3.63, 3.8) is 0 Å². The molecule has 1 aliphatic rings. The van der Waals surface area contributed by atoms with Crippen LogP contribution in [-0.2, 0) is 10.9 Å². The number of anilines is 1. The maximum atomic E-state index is 12.7. The summed E-state index contributed by atoms with van der Waals surface area (Å²) in [4.78, 5) is 5.86. The number of hydrogen-bond acceptors (Lipinski definition) is 5. The molecular formula is C18H19ClF3N3OS. The lowest BCUT2D eigenvalue weighted by Gasteiger charge is -2.16. The molecule has 0 saturated carbocycles. The summed E-state index contributed by atoms with van der Waals surface area (Å²) < 4.78 is 44.0. The largest absolute Gasteiger partial charge is 0.417 e. The van der Waals surface area contributed by atoms with Gasteiger partial charge in [0.15, 0.2) is 0 Å². The second-order valence-corrected chi connectivity index (χ2v) is 7.77. The molecule has 3 rings (SSSR count). The smallest absolute Gasteiger partial charge is 0.378 e. The van der Waals surface area contributed by atoms with E-state index in [1.54, 1.807) is 0 Å². The van der Waals surface area contributed by atoms with Gasteiger partial charge in [0.05, 0.1) is 16.7 Å². The molecule has 0 radical (unpaired) electrons. The summed E-state index contributed by atoms with van der Waals surface area (Å²) in [6.45, 7) is 0.644. The van der Waals surface area contributed by atoms with Crippen molar-refractivity contribution in [3.8, 4) is 0 Å². The average molecular weight is 418 g/mol. The molecule has 9 heteroatoms. The van der Waals surface area contributed by atoms with Gasteiger partial charge in [-0.2, -0.15) is 13.2 Å². The molecule has 1 aliphatic heterocycles. The van der Waals surface area contributed by atoms with Crippen molar-refractivity contribution < 1.29 is 17.9 Å².